The van der Waals surface area contributed by atoms with Gasteiger partial charge in [-0.15, -0.1) is 0 Å². The molecule has 2 N–H and O–H groups in total. The highest BCUT2D eigenvalue weighted by Crippen LogP contribution is 2.47. The topological polar surface area (TPSA) is 75.6 Å². The van der Waals surface area contributed by atoms with Crippen molar-refractivity contribution in [3.63, 3.8) is 0 Å². The van der Waals surface area contributed by atoms with Gasteiger partial charge in [0.2, 0.25) is 0 Å². The van der Waals surface area contributed by atoms with Crippen LogP contribution in [0.15, 0.2) is 34.7 Å². The number of phenolic OH excluding ortho intramolecular Hbond substituents is 1. The van der Waals surface area contributed by atoms with Crippen LogP contribution in [-0.4, -0.2) is 23.8 Å². The summed E-state index contributed by atoms with van der Waals surface area (Å²) in [7, 11) is 1.50. The van der Waals surface area contributed by atoms with Crippen LogP contribution in [0.25, 0.3) is 0 Å². The lowest BCUT2D eigenvalue weighted by Gasteiger charge is -2.37. The quantitative estimate of drug-likeness (QED) is 0.652. The standard InChI is InChI=1S/C20H20INO4/c1-26-16-9-10(8-11(21)20(16)25)17-18-12(4-2-6-14(18)23)22-13-5-3-7-15(24)19(13)17/h8-9,17,22,25H,2-7H2,1H3. The van der Waals surface area contributed by atoms with Gasteiger partial charge in [0.05, 0.1) is 10.7 Å². The number of hydrogen-bond acceptors (Lipinski definition) is 5. The van der Waals surface area contributed by atoms with Gasteiger partial charge in [0.25, 0.3) is 0 Å². The Hall–Kier alpha value is -1.83. The molecule has 0 saturated heterocycles. The van der Waals surface area contributed by atoms with Gasteiger partial charge in [-0.25, -0.2) is 0 Å². The number of carbonyl (C=O) groups excluding carboxylic acids is 2. The first-order valence-corrected chi connectivity index (χ1v) is 9.95. The van der Waals surface area contributed by atoms with Crippen molar-refractivity contribution in [2.24, 2.45) is 0 Å². The molecule has 0 fully saturated rings. The van der Waals surface area contributed by atoms with Gasteiger partial charge >= 0.3 is 0 Å². The minimum absolute atomic E-state index is 0.0825. The number of Topliss-reactive ketones (excluding diaryl/α,β-unsaturated/α-hetero) is 2. The average molecular weight is 465 g/mol. The predicted octanol–water partition coefficient (Wildman–Crippen LogP) is 3.71. The van der Waals surface area contributed by atoms with Gasteiger partial charge in [-0.1, -0.05) is 0 Å². The zero-order valence-corrected chi connectivity index (χ0v) is 16.7. The van der Waals surface area contributed by atoms with Crippen molar-refractivity contribution in [1.29, 1.82) is 0 Å². The number of methoxy groups -OCH3 is 1. The Balaban J connectivity index is 1.94. The Labute approximate surface area is 165 Å². The van der Waals surface area contributed by atoms with Gasteiger partial charge in [-0.3, -0.25) is 9.59 Å². The first-order chi connectivity index (χ1) is 12.5. The summed E-state index contributed by atoms with van der Waals surface area (Å²) in [6, 6.07) is 3.61. The number of ketones is 2. The fraction of sp³-hybridized carbons (Fsp3) is 0.400. The highest BCUT2D eigenvalue weighted by Gasteiger charge is 2.40. The maximum Gasteiger partial charge on any atom is 0.171 e. The van der Waals surface area contributed by atoms with Crippen molar-refractivity contribution in [2.75, 3.05) is 7.11 Å². The van der Waals surface area contributed by atoms with Gasteiger partial charge < -0.3 is 15.2 Å². The van der Waals surface area contributed by atoms with Crippen molar-refractivity contribution >= 4 is 34.2 Å². The predicted molar refractivity (Wildman–Crippen MR) is 105 cm³/mol. The second-order valence-electron chi connectivity index (χ2n) is 6.95. The molecule has 1 aromatic rings. The number of nitrogens with one attached hydrogen (secondary N) is 1. The summed E-state index contributed by atoms with van der Waals surface area (Å²) < 4.78 is 5.96. The van der Waals surface area contributed by atoms with Gasteiger partial charge in [0.15, 0.2) is 23.1 Å². The van der Waals surface area contributed by atoms with Crippen LogP contribution in [-0.2, 0) is 9.59 Å². The molecule has 5 nitrogen and oxygen atoms in total. The number of benzene rings is 1. The van der Waals surface area contributed by atoms with Crippen molar-refractivity contribution in [3.05, 3.63) is 43.8 Å². The Morgan fingerprint density at radius 1 is 1.04 bits per heavy atom. The van der Waals surface area contributed by atoms with E-state index in [1.165, 1.54) is 7.11 Å². The van der Waals surface area contributed by atoms with Crippen LogP contribution in [0.3, 0.4) is 0 Å². The number of dihydropyridines is 1. The number of aromatic hydroxyl groups is 1. The number of rotatable bonds is 2. The van der Waals surface area contributed by atoms with Crippen LogP contribution < -0.4 is 10.1 Å². The Morgan fingerprint density at radius 3 is 2.15 bits per heavy atom. The molecule has 1 heterocycles. The number of allylic oxidation sites excluding steroid dienone is 4. The third-order valence-electron chi connectivity index (χ3n) is 5.40. The maximum absolute atomic E-state index is 12.8. The molecule has 6 heteroatoms. The highest BCUT2D eigenvalue weighted by molar-refractivity contribution is 14.1. The smallest absolute Gasteiger partial charge is 0.171 e. The number of halogens is 1. The summed E-state index contributed by atoms with van der Waals surface area (Å²) in [6.07, 6.45) is 4.36. The van der Waals surface area contributed by atoms with Crippen molar-refractivity contribution in [1.82, 2.24) is 5.32 Å². The second-order valence-corrected chi connectivity index (χ2v) is 8.11. The van der Waals surface area contributed by atoms with Gasteiger partial charge in [0.1, 0.15) is 0 Å². The molecule has 0 atom stereocenters. The summed E-state index contributed by atoms with van der Waals surface area (Å²) in [6.45, 7) is 0. The minimum atomic E-state index is -0.370. The Kier molecular flexibility index (Phi) is 4.54. The fourth-order valence-electron chi connectivity index (χ4n) is 4.23. The van der Waals surface area contributed by atoms with E-state index in [-0.39, 0.29) is 23.2 Å². The molecular formula is C20H20INO4. The van der Waals surface area contributed by atoms with E-state index in [1.807, 2.05) is 6.07 Å². The SMILES string of the molecule is COc1cc(C2C3=C(CCCC3=O)NC3=C2C(=O)CCC3)cc(I)c1O. The molecule has 2 aliphatic carbocycles. The highest BCUT2D eigenvalue weighted by atomic mass is 127. The van der Waals surface area contributed by atoms with Crippen LogP contribution in [0.1, 0.15) is 50.0 Å². The van der Waals surface area contributed by atoms with Crippen LogP contribution in [0.2, 0.25) is 0 Å². The molecule has 0 unspecified atom stereocenters. The van der Waals surface area contributed by atoms with E-state index in [9.17, 15) is 14.7 Å². The zero-order chi connectivity index (χ0) is 18.4. The normalized spacial score (nSPS) is 20.7. The first-order valence-electron chi connectivity index (χ1n) is 8.87. The van der Waals surface area contributed by atoms with E-state index in [0.717, 1.165) is 42.6 Å². The van der Waals surface area contributed by atoms with Crippen LogP contribution >= 0.6 is 22.6 Å². The minimum Gasteiger partial charge on any atom is -0.504 e. The molecule has 0 spiro atoms. The molecule has 1 aromatic carbocycles. The van der Waals surface area contributed by atoms with Crippen molar-refractivity contribution in [2.45, 2.75) is 44.4 Å². The van der Waals surface area contributed by atoms with Crippen LogP contribution in [0.4, 0.5) is 0 Å². The summed E-state index contributed by atoms with van der Waals surface area (Å²) in [5.74, 6) is 0.289. The van der Waals surface area contributed by atoms with Crippen molar-refractivity contribution in [3.8, 4) is 11.5 Å². The largest absolute Gasteiger partial charge is 0.504 e. The van der Waals surface area contributed by atoms with E-state index in [2.05, 4.69) is 27.9 Å². The van der Waals surface area contributed by atoms with Crippen LogP contribution in [0, 0.1) is 3.57 Å². The molecular weight excluding hydrogens is 445 g/mol. The average Bonchev–Trinajstić information content (AvgIpc) is 2.63. The van der Waals surface area contributed by atoms with Crippen molar-refractivity contribution < 1.29 is 19.4 Å². The lowest BCUT2D eigenvalue weighted by molar-refractivity contribution is -0.116. The molecule has 3 aliphatic rings. The number of carbonyl (C=O) groups is 2. The van der Waals surface area contributed by atoms with Crippen LogP contribution in [0.5, 0.6) is 11.5 Å². The Bertz CT molecular complexity index is 842. The van der Waals surface area contributed by atoms with E-state index >= 15 is 0 Å². The third kappa shape index (κ3) is 2.74. The van der Waals surface area contributed by atoms with Gasteiger partial charge in [-0.05, 0) is 66.0 Å². The number of ether oxygens (including phenoxy) is 1. The zero-order valence-electron chi connectivity index (χ0n) is 14.5. The second kappa shape index (κ2) is 6.72. The number of hydrogen-bond donors (Lipinski definition) is 2. The maximum atomic E-state index is 12.8. The molecule has 4 rings (SSSR count). The third-order valence-corrected chi connectivity index (χ3v) is 6.22. The molecule has 136 valence electrons. The molecule has 0 radical (unpaired) electrons. The van der Waals surface area contributed by atoms with E-state index < -0.39 is 0 Å². The van der Waals surface area contributed by atoms with Gasteiger partial charge in [-0.2, -0.15) is 0 Å². The molecule has 0 aromatic heterocycles. The summed E-state index contributed by atoms with van der Waals surface area (Å²) in [5.41, 5.74) is 4.18. The lowest BCUT2D eigenvalue weighted by atomic mass is 9.71. The number of phenols is 1. The lowest BCUT2D eigenvalue weighted by Crippen LogP contribution is -2.36. The molecule has 1 aliphatic heterocycles. The fourth-order valence-corrected chi connectivity index (χ4v) is 4.86. The Morgan fingerprint density at radius 2 is 1.62 bits per heavy atom. The molecule has 26 heavy (non-hydrogen) atoms. The first kappa shape index (κ1) is 17.6. The molecule has 0 amide bonds. The monoisotopic (exact) mass is 465 g/mol. The van der Waals surface area contributed by atoms with E-state index in [4.69, 9.17) is 4.74 Å². The molecule has 0 bridgehead atoms. The summed E-state index contributed by atoms with van der Waals surface area (Å²) in [5, 5.41) is 13.6. The van der Waals surface area contributed by atoms with E-state index in [1.54, 1.807) is 6.07 Å². The summed E-state index contributed by atoms with van der Waals surface area (Å²) in [4.78, 5) is 25.6. The molecule has 0 saturated carbocycles. The van der Waals surface area contributed by atoms with Gasteiger partial charge in [0, 0.05) is 41.3 Å². The van der Waals surface area contributed by atoms with E-state index in [0.29, 0.717) is 33.3 Å². The summed E-state index contributed by atoms with van der Waals surface area (Å²) >= 11 is 2.05.